The van der Waals surface area contributed by atoms with Crippen LogP contribution in [0.15, 0.2) is 47.3 Å². The molecule has 0 unspecified atom stereocenters. The first kappa shape index (κ1) is 22.8. The molecule has 0 amide bonds. The van der Waals surface area contributed by atoms with E-state index in [1.54, 1.807) is 23.3 Å². The lowest BCUT2D eigenvalue weighted by Gasteiger charge is -2.39. The Morgan fingerprint density at radius 2 is 1.85 bits per heavy atom. The minimum atomic E-state index is -0.654. The monoisotopic (exact) mass is 521 g/mol. The van der Waals surface area contributed by atoms with Gasteiger partial charge in [-0.25, -0.2) is 9.67 Å². The summed E-state index contributed by atoms with van der Waals surface area (Å²) in [6, 6.07) is 9.98. The molecule has 2 fully saturated rings. The first-order valence-corrected chi connectivity index (χ1v) is 12.1. The van der Waals surface area contributed by atoms with E-state index >= 15 is 0 Å². The van der Waals surface area contributed by atoms with Gasteiger partial charge in [-0.2, -0.15) is 10.4 Å². The van der Waals surface area contributed by atoms with Crippen LogP contribution in [0.5, 0.6) is 0 Å². The second-order valence-electron chi connectivity index (χ2n) is 8.84. The quantitative estimate of drug-likeness (QED) is 0.462. The summed E-state index contributed by atoms with van der Waals surface area (Å²) >= 11 is 3.37. The van der Waals surface area contributed by atoms with Gasteiger partial charge < -0.3 is 9.47 Å². The Kier molecular flexibility index (Phi) is 6.06. The molecular formula is C25H24BrN5O3. The van der Waals surface area contributed by atoms with Crippen LogP contribution in [0.1, 0.15) is 53.0 Å². The summed E-state index contributed by atoms with van der Waals surface area (Å²) in [7, 11) is 0. The third-order valence-electron chi connectivity index (χ3n) is 6.81. The van der Waals surface area contributed by atoms with Gasteiger partial charge in [-0.15, -0.1) is 0 Å². The molecule has 34 heavy (non-hydrogen) atoms. The van der Waals surface area contributed by atoms with E-state index in [2.05, 4.69) is 37.1 Å². The molecule has 1 spiro atoms. The van der Waals surface area contributed by atoms with Crippen molar-refractivity contribution in [3.05, 3.63) is 69.8 Å². The Morgan fingerprint density at radius 3 is 2.47 bits per heavy atom. The molecule has 0 bridgehead atoms. The van der Waals surface area contributed by atoms with Crippen molar-refractivity contribution in [2.24, 2.45) is 0 Å². The van der Waals surface area contributed by atoms with Crippen LogP contribution < -0.4 is 0 Å². The van der Waals surface area contributed by atoms with Crippen LogP contribution >= 0.6 is 15.9 Å². The number of ether oxygens (including phenoxy) is 2. The predicted molar refractivity (Wildman–Crippen MR) is 126 cm³/mol. The first-order chi connectivity index (χ1) is 16.4. The summed E-state index contributed by atoms with van der Waals surface area (Å²) < 4.78 is 14.1. The minimum absolute atomic E-state index is 0.0412. The van der Waals surface area contributed by atoms with E-state index in [1.807, 2.05) is 31.2 Å². The molecule has 1 aliphatic heterocycles. The van der Waals surface area contributed by atoms with Crippen molar-refractivity contribution in [3.8, 4) is 11.9 Å². The second kappa shape index (κ2) is 9.02. The van der Waals surface area contributed by atoms with Gasteiger partial charge in [0.1, 0.15) is 0 Å². The molecule has 1 aliphatic carbocycles. The molecule has 1 saturated heterocycles. The second-order valence-corrected chi connectivity index (χ2v) is 9.76. The maximum atomic E-state index is 13.0. The van der Waals surface area contributed by atoms with Crippen molar-refractivity contribution in [1.82, 2.24) is 19.7 Å². The number of ketones is 1. The molecule has 3 aromatic heterocycles. The maximum Gasteiger partial charge on any atom is 0.170 e. The van der Waals surface area contributed by atoms with E-state index in [9.17, 15) is 10.1 Å². The highest BCUT2D eigenvalue weighted by Gasteiger charge is 2.48. The average molecular weight is 522 g/mol. The van der Waals surface area contributed by atoms with Crippen molar-refractivity contribution in [3.63, 3.8) is 0 Å². The zero-order valence-electron chi connectivity index (χ0n) is 18.8. The summed E-state index contributed by atoms with van der Waals surface area (Å²) in [5.74, 6) is 0.0802. The van der Waals surface area contributed by atoms with Crippen molar-refractivity contribution in [2.45, 2.75) is 50.2 Å². The highest BCUT2D eigenvalue weighted by atomic mass is 79.9. The number of nitriles is 1. The van der Waals surface area contributed by atoms with Crippen molar-refractivity contribution in [1.29, 1.82) is 5.26 Å². The molecule has 0 radical (unpaired) electrons. The van der Waals surface area contributed by atoms with Crippen LogP contribution in [0.25, 0.3) is 5.82 Å². The molecule has 174 valence electrons. The van der Waals surface area contributed by atoms with Crippen molar-refractivity contribution in [2.75, 3.05) is 13.2 Å². The van der Waals surface area contributed by atoms with Gasteiger partial charge in [0.05, 0.1) is 47.8 Å². The normalized spacial score (nSPS) is 18.6. The van der Waals surface area contributed by atoms with Crippen LogP contribution in [0, 0.1) is 18.3 Å². The van der Waals surface area contributed by atoms with E-state index in [0.717, 1.165) is 21.4 Å². The average Bonchev–Trinajstić information content (AvgIpc) is 3.48. The van der Waals surface area contributed by atoms with E-state index in [-0.39, 0.29) is 12.2 Å². The third-order valence-corrected chi connectivity index (χ3v) is 7.28. The Labute approximate surface area is 206 Å². The van der Waals surface area contributed by atoms with Crippen LogP contribution in [0.2, 0.25) is 0 Å². The molecule has 0 aromatic carbocycles. The van der Waals surface area contributed by atoms with Crippen LogP contribution in [0.4, 0.5) is 0 Å². The molecule has 9 heteroatoms. The van der Waals surface area contributed by atoms with Gasteiger partial charge in [0.2, 0.25) is 0 Å². The van der Waals surface area contributed by atoms with E-state index < -0.39 is 11.2 Å². The topological polar surface area (TPSA) is 103 Å². The van der Waals surface area contributed by atoms with Gasteiger partial charge in [0, 0.05) is 36.1 Å². The van der Waals surface area contributed by atoms with Gasteiger partial charge in [-0.05, 0) is 59.5 Å². The molecule has 2 aliphatic rings. The number of halogens is 1. The SMILES string of the molecule is Cc1c(C(=O)Cc2ccc(C3(C#N)CCC4(CC3)OCCO4)nc2)cnn1-c1ccc(Br)cn1. The van der Waals surface area contributed by atoms with Gasteiger partial charge in [0.15, 0.2) is 17.4 Å². The number of Topliss-reactive ketones (excluding diaryl/α,β-unsaturated/α-hetero) is 1. The first-order valence-electron chi connectivity index (χ1n) is 11.3. The minimum Gasteiger partial charge on any atom is -0.348 e. The number of nitrogens with zero attached hydrogens (tertiary/aromatic N) is 5. The molecule has 1 saturated carbocycles. The molecule has 5 rings (SSSR count). The summed E-state index contributed by atoms with van der Waals surface area (Å²) in [6.45, 7) is 3.08. The smallest absolute Gasteiger partial charge is 0.170 e. The number of carbonyl (C=O) groups is 1. The molecule has 3 aromatic rings. The lowest BCUT2D eigenvalue weighted by molar-refractivity contribution is -0.182. The summed E-state index contributed by atoms with van der Waals surface area (Å²) in [4.78, 5) is 21.9. The molecular weight excluding hydrogens is 498 g/mol. The third kappa shape index (κ3) is 4.17. The maximum absolute atomic E-state index is 13.0. The van der Waals surface area contributed by atoms with Crippen molar-refractivity contribution < 1.29 is 14.3 Å². The fourth-order valence-corrected chi connectivity index (χ4v) is 5.00. The Hall–Kier alpha value is -2.93. The lowest BCUT2D eigenvalue weighted by atomic mass is 9.70. The largest absolute Gasteiger partial charge is 0.348 e. The van der Waals surface area contributed by atoms with E-state index in [4.69, 9.17) is 9.47 Å². The van der Waals surface area contributed by atoms with Crippen molar-refractivity contribution >= 4 is 21.7 Å². The number of pyridine rings is 2. The van der Waals surface area contributed by atoms with Gasteiger partial charge in [-0.3, -0.25) is 9.78 Å². The fourth-order valence-electron chi connectivity index (χ4n) is 4.77. The highest BCUT2D eigenvalue weighted by Crippen LogP contribution is 2.45. The zero-order chi connectivity index (χ0) is 23.8. The zero-order valence-corrected chi connectivity index (χ0v) is 20.4. The standard InChI is InChI=1S/C25H24BrN5O3/c1-17-20(15-30-31(17)23-5-3-19(26)14-29-23)21(32)12-18-2-4-22(28-13-18)24(16-27)6-8-25(9-7-24)33-10-11-34-25/h2-5,13-15H,6-12H2,1H3. The number of aromatic nitrogens is 4. The Balaban J connectivity index is 1.29. The summed E-state index contributed by atoms with van der Waals surface area (Å²) in [5.41, 5.74) is 2.17. The van der Waals surface area contributed by atoms with Gasteiger partial charge in [0.25, 0.3) is 0 Å². The Bertz CT molecular complexity index is 1230. The number of hydrogen-bond donors (Lipinski definition) is 0. The number of hydrogen-bond acceptors (Lipinski definition) is 7. The summed E-state index contributed by atoms with van der Waals surface area (Å²) in [5, 5.41) is 14.3. The van der Waals surface area contributed by atoms with Crippen LogP contribution in [-0.4, -0.2) is 44.5 Å². The van der Waals surface area contributed by atoms with Gasteiger partial charge >= 0.3 is 0 Å². The molecule has 0 atom stereocenters. The number of carbonyl (C=O) groups excluding carboxylic acids is 1. The molecule has 0 N–H and O–H groups in total. The van der Waals surface area contributed by atoms with Crippen LogP contribution in [-0.2, 0) is 21.3 Å². The molecule has 8 nitrogen and oxygen atoms in total. The highest BCUT2D eigenvalue weighted by molar-refractivity contribution is 9.10. The fraction of sp³-hybridized carbons (Fsp3) is 0.400. The summed E-state index contributed by atoms with van der Waals surface area (Å²) in [6.07, 6.45) is 7.82. The van der Waals surface area contributed by atoms with Crippen LogP contribution in [0.3, 0.4) is 0 Å². The van der Waals surface area contributed by atoms with Gasteiger partial charge in [-0.1, -0.05) is 6.07 Å². The van der Waals surface area contributed by atoms with E-state index in [0.29, 0.717) is 50.3 Å². The lowest BCUT2D eigenvalue weighted by Crippen LogP contribution is -2.41. The Morgan fingerprint density at radius 1 is 1.09 bits per heavy atom. The predicted octanol–water partition coefficient (Wildman–Crippen LogP) is 4.24. The molecule has 4 heterocycles. The number of rotatable bonds is 5. The van der Waals surface area contributed by atoms with E-state index in [1.165, 1.54) is 0 Å².